The van der Waals surface area contributed by atoms with Crippen LogP contribution >= 0.6 is 11.6 Å². The van der Waals surface area contributed by atoms with E-state index in [1.165, 1.54) is 12.1 Å². The number of nitrogens with zero attached hydrogens (tertiary/aromatic N) is 3. The molecule has 0 saturated carbocycles. The minimum absolute atomic E-state index is 0.0203. The van der Waals surface area contributed by atoms with Crippen LogP contribution in [0, 0.1) is 21.4 Å². The lowest BCUT2D eigenvalue weighted by atomic mass is 9.86. The van der Waals surface area contributed by atoms with Crippen molar-refractivity contribution in [1.82, 2.24) is 10.2 Å². The van der Waals surface area contributed by atoms with Crippen molar-refractivity contribution in [3.63, 3.8) is 0 Å². The summed E-state index contributed by atoms with van der Waals surface area (Å²) in [5, 5.41) is 28.5. The molecule has 1 aliphatic rings. The number of ether oxygens (including phenoxy) is 1. The molecule has 0 fully saturated rings. The zero-order valence-corrected chi connectivity index (χ0v) is 17.5. The molecule has 3 N–H and O–H groups in total. The highest BCUT2D eigenvalue weighted by Gasteiger charge is 2.37. The molecule has 0 saturated heterocycles. The second-order valence-electron chi connectivity index (χ2n) is 7.26. The van der Waals surface area contributed by atoms with Crippen molar-refractivity contribution in [3.8, 4) is 34.5 Å². The molecule has 33 heavy (non-hydrogen) atoms. The fourth-order valence-electron chi connectivity index (χ4n) is 3.78. The van der Waals surface area contributed by atoms with Gasteiger partial charge in [-0.2, -0.15) is 5.26 Å². The van der Waals surface area contributed by atoms with Crippen LogP contribution in [0.2, 0.25) is 5.02 Å². The highest BCUT2D eigenvalue weighted by Crippen LogP contribution is 2.46. The zero-order valence-electron chi connectivity index (χ0n) is 16.8. The number of nitro benzene ring substituents is 1. The number of hydrogen-bond donors (Lipinski definition) is 2. The Morgan fingerprint density at radius 3 is 2.45 bits per heavy atom. The number of aromatic nitrogens is 2. The minimum Gasteiger partial charge on any atom is -0.460 e. The number of fused-ring (bicyclic) bond motifs is 1. The Kier molecular flexibility index (Phi) is 4.84. The van der Waals surface area contributed by atoms with Crippen LogP contribution in [-0.2, 0) is 0 Å². The number of halogens is 1. The molecule has 0 aliphatic carbocycles. The summed E-state index contributed by atoms with van der Waals surface area (Å²) in [7, 11) is 0. The third kappa shape index (κ3) is 3.48. The van der Waals surface area contributed by atoms with Gasteiger partial charge in [-0.1, -0.05) is 23.7 Å². The van der Waals surface area contributed by atoms with E-state index in [1.807, 2.05) is 12.1 Å². The fourth-order valence-corrected chi connectivity index (χ4v) is 3.90. The Morgan fingerprint density at radius 1 is 1.09 bits per heavy atom. The normalized spacial score (nSPS) is 15.0. The van der Waals surface area contributed by atoms with Gasteiger partial charge in [-0.05, 0) is 36.4 Å². The van der Waals surface area contributed by atoms with Gasteiger partial charge in [0, 0.05) is 28.3 Å². The van der Waals surface area contributed by atoms with Gasteiger partial charge in [0.2, 0.25) is 11.8 Å². The molecule has 10 heteroatoms. The maximum atomic E-state index is 10.9. The lowest BCUT2D eigenvalue weighted by Crippen LogP contribution is -2.20. The van der Waals surface area contributed by atoms with Crippen LogP contribution in [0.3, 0.4) is 0 Å². The van der Waals surface area contributed by atoms with Crippen molar-refractivity contribution in [2.24, 2.45) is 5.73 Å². The quantitative estimate of drug-likeness (QED) is 0.318. The second-order valence-corrected chi connectivity index (χ2v) is 7.69. The highest BCUT2D eigenvalue weighted by molar-refractivity contribution is 6.30. The molecule has 4 aromatic rings. The summed E-state index contributed by atoms with van der Waals surface area (Å²) < 4.78 is 11.7. The van der Waals surface area contributed by atoms with E-state index in [0.717, 1.165) is 5.56 Å². The predicted octanol–water partition coefficient (Wildman–Crippen LogP) is 5.12. The number of non-ortho nitro benzene ring substituents is 1. The van der Waals surface area contributed by atoms with Crippen molar-refractivity contribution in [3.05, 3.63) is 98.6 Å². The van der Waals surface area contributed by atoms with Crippen LogP contribution < -0.4 is 10.5 Å². The van der Waals surface area contributed by atoms with Gasteiger partial charge >= 0.3 is 0 Å². The molecule has 2 aromatic heterocycles. The molecule has 0 amide bonds. The van der Waals surface area contributed by atoms with Gasteiger partial charge in [0.15, 0.2) is 0 Å². The van der Waals surface area contributed by atoms with E-state index in [1.54, 1.807) is 36.4 Å². The fraction of sp³-hybridized carbons (Fsp3) is 0.0435. The summed E-state index contributed by atoms with van der Waals surface area (Å²) in [6.07, 6.45) is 0. The average molecular weight is 460 g/mol. The van der Waals surface area contributed by atoms with Crippen LogP contribution in [0.1, 0.15) is 17.2 Å². The minimum atomic E-state index is -0.671. The Bertz CT molecular complexity index is 1450. The molecule has 0 radical (unpaired) electrons. The maximum absolute atomic E-state index is 10.9. The first-order valence-corrected chi connectivity index (χ1v) is 10.1. The molecule has 1 atom stereocenters. The van der Waals surface area contributed by atoms with Crippen LogP contribution in [0.5, 0.6) is 5.88 Å². The summed E-state index contributed by atoms with van der Waals surface area (Å²) in [4.78, 5) is 10.5. The second kappa shape index (κ2) is 7.85. The summed E-state index contributed by atoms with van der Waals surface area (Å²) in [5.74, 6) is 0.450. The summed E-state index contributed by atoms with van der Waals surface area (Å²) in [5.41, 5.74) is 8.87. The van der Waals surface area contributed by atoms with Gasteiger partial charge < -0.3 is 14.9 Å². The highest BCUT2D eigenvalue weighted by atomic mass is 35.5. The molecule has 5 rings (SSSR count). The third-order valence-corrected chi connectivity index (χ3v) is 5.60. The molecule has 162 valence electrons. The van der Waals surface area contributed by atoms with Crippen molar-refractivity contribution >= 4 is 17.3 Å². The van der Waals surface area contributed by atoms with Crippen molar-refractivity contribution in [1.29, 1.82) is 5.26 Å². The largest absolute Gasteiger partial charge is 0.460 e. The summed E-state index contributed by atoms with van der Waals surface area (Å²) >= 11 is 6.02. The van der Waals surface area contributed by atoms with E-state index >= 15 is 0 Å². The Hall–Kier alpha value is -4.55. The Morgan fingerprint density at radius 2 is 1.79 bits per heavy atom. The van der Waals surface area contributed by atoms with E-state index in [2.05, 4.69) is 16.3 Å². The SMILES string of the molecule is N#CC1=C(N)Oc2n[nH]c(-c3ccc(Cl)cc3)c2C1c1ccc(-c2ccc([N+](=O)[O-])cc2)o1. The molecule has 2 aromatic carbocycles. The number of nitrogens with two attached hydrogens (primary N) is 1. The van der Waals surface area contributed by atoms with Gasteiger partial charge in [-0.15, -0.1) is 5.10 Å². The summed E-state index contributed by atoms with van der Waals surface area (Å²) in [6, 6.07) is 18.7. The number of H-pyrrole nitrogens is 1. The van der Waals surface area contributed by atoms with E-state index in [-0.39, 0.29) is 23.0 Å². The molecule has 9 nitrogen and oxygen atoms in total. The first-order valence-electron chi connectivity index (χ1n) is 9.72. The van der Waals surface area contributed by atoms with Crippen LogP contribution in [0.4, 0.5) is 5.69 Å². The van der Waals surface area contributed by atoms with Gasteiger partial charge in [-0.3, -0.25) is 15.2 Å². The average Bonchev–Trinajstić information content (AvgIpc) is 3.46. The maximum Gasteiger partial charge on any atom is 0.269 e. The number of hydrogen-bond acceptors (Lipinski definition) is 7. The molecule has 0 bridgehead atoms. The third-order valence-electron chi connectivity index (χ3n) is 5.35. The number of benzene rings is 2. The number of furan rings is 1. The van der Waals surface area contributed by atoms with E-state index in [4.69, 9.17) is 26.5 Å². The van der Waals surface area contributed by atoms with E-state index in [0.29, 0.717) is 33.4 Å². The van der Waals surface area contributed by atoms with Crippen molar-refractivity contribution in [2.45, 2.75) is 5.92 Å². The number of rotatable bonds is 4. The first kappa shape index (κ1) is 20.4. The standard InChI is InChI=1S/C23H14ClN5O4/c24-14-5-1-13(2-6-14)21-20-19(16(11-25)22(26)33-23(20)28-27-21)18-10-9-17(32-18)12-3-7-15(8-4-12)29(30)31/h1-10,19H,26H2,(H,27,28). The van der Waals surface area contributed by atoms with Gasteiger partial charge in [0.25, 0.3) is 5.69 Å². The Balaban J connectivity index is 1.61. The molecular weight excluding hydrogens is 446 g/mol. The molecule has 3 heterocycles. The van der Waals surface area contributed by atoms with Crippen LogP contribution in [0.25, 0.3) is 22.6 Å². The molecular formula is C23H14ClN5O4. The number of nitro groups is 1. The summed E-state index contributed by atoms with van der Waals surface area (Å²) in [6.45, 7) is 0. The number of allylic oxidation sites excluding steroid dienone is 1. The van der Waals surface area contributed by atoms with Gasteiger partial charge in [0.1, 0.15) is 23.2 Å². The zero-order chi connectivity index (χ0) is 23.1. The first-order chi connectivity index (χ1) is 16.0. The monoisotopic (exact) mass is 459 g/mol. The van der Waals surface area contributed by atoms with Crippen molar-refractivity contribution in [2.75, 3.05) is 0 Å². The predicted molar refractivity (Wildman–Crippen MR) is 119 cm³/mol. The number of aromatic amines is 1. The Labute approximate surface area is 191 Å². The smallest absolute Gasteiger partial charge is 0.269 e. The number of nitriles is 1. The lowest BCUT2D eigenvalue weighted by Gasteiger charge is -2.22. The lowest BCUT2D eigenvalue weighted by molar-refractivity contribution is -0.384. The van der Waals surface area contributed by atoms with Crippen LogP contribution in [0.15, 0.2) is 76.5 Å². The molecule has 1 unspecified atom stereocenters. The van der Waals surface area contributed by atoms with E-state index in [9.17, 15) is 15.4 Å². The molecule has 0 spiro atoms. The topological polar surface area (TPSA) is 144 Å². The van der Waals surface area contributed by atoms with Crippen LogP contribution in [-0.4, -0.2) is 15.1 Å². The van der Waals surface area contributed by atoms with E-state index < -0.39 is 10.8 Å². The molecule has 1 aliphatic heterocycles. The van der Waals surface area contributed by atoms with Crippen molar-refractivity contribution < 1.29 is 14.1 Å². The number of nitrogens with one attached hydrogen (secondary N) is 1. The van der Waals surface area contributed by atoms with Gasteiger partial charge in [-0.25, -0.2) is 0 Å². The van der Waals surface area contributed by atoms with Gasteiger partial charge in [0.05, 0.1) is 22.1 Å².